The van der Waals surface area contributed by atoms with Gasteiger partial charge in [-0.2, -0.15) is 17.0 Å². The van der Waals surface area contributed by atoms with Crippen LogP contribution in [0.1, 0.15) is 19.4 Å². The van der Waals surface area contributed by atoms with Crippen LogP contribution in [0, 0.1) is 11.3 Å². The maximum absolute atomic E-state index is 8.41. The Bertz CT molecular complexity index is 395. The summed E-state index contributed by atoms with van der Waals surface area (Å²) in [5.74, 6) is 0.741. The van der Waals surface area contributed by atoms with E-state index in [0.29, 0.717) is 0 Å². The fraction of sp³-hybridized carbons (Fsp3) is 0.500. The first-order valence-corrected chi connectivity index (χ1v) is 7.14. The number of hydrogen-bond donors (Lipinski definition) is 1. The second kappa shape index (κ2) is 7.30. The average Bonchev–Trinajstić information content (AvgIpc) is 2.38. The van der Waals surface area contributed by atoms with Crippen molar-refractivity contribution in [3.8, 4) is 11.8 Å². The highest BCUT2D eigenvalue weighted by atomic mass is 32.2. The first-order valence-electron chi connectivity index (χ1n) is 5.92. The van der Waals surface area contributed by atoms with Gasteiger partial charge in [-0.15, -0.1) is 0 Å². The predicted octanol–water partition coefficient (Wildman–Crippen LogP) is 2.82. The summed E-state index contributed by atoms with van der Waals surface area (Å²) >= 11 is 1.86. The molecular formula is C14H20N2OS. The van der Waals surface area contributed by atoms with Crippen molar-refractivity contribution >= 4 is 11.8 Å². The number of nitrogens with zero attached hydrogens (tertiary/aromatic N) is 1. The smallest absolute Gasteiger partial charge is 0.174 e. The summed E-state index contributed by atoms with van der Waals surface area (Å²) in [5, 5.41) is 11.9. The number of ether oxygens (including phenoxy) is 1. The SMILES string of the molecule is CSC(C)(C)CNCc1ccc(OCC#N)cc1. The Hall–Kier alpha value is -1.18. The van der Waals surface area contributed by atoms with Gasteiger partial charge in [-0.25, -0.2) is 0 Å². The third kappa shape index (κ3) is 5.44. The van der Waals surface area contributed by atoms with Crippen molar-refractivity contribution in [2.24, 2.45) is 0 Å². The second-order valence-corrected chi connectivity index (χ2v) is 6.17. The molecule has 4 heteroatoms. The van der Waals surface area contributed by atoms with E-state index in [1.54, 1.807) is 0 Å². The summed E-state index contributed by atoms with van der Waals surface area (Å²) in [5.41, 5.74) is 1.22. The van der Waals surface area contributed by atoms with E-state index in [2.05, 4.69) is 25.4 Å². The van der Waals surface area contributed by atoms with E-state index < -0.39 is 0 Å². The molecule has 0 unspecified atom stereocenters. The summed E-state index contributed by atoms with van der Waals surface area (Å²) in [4.78, 5) is 0. The zero-order valence-electron chi connectivity index (χ0n) is 11.2. The lowest BCUT2D eigenvalue weighted by molar-refractivity contribution is 0.368. The Morgan fingerprint density at radius 3 is 2.56 bits per heavy atom. The molecule has 0 saturated carbocycles. The molecule has 0 aliphatic carbocycles. The molecule has 0 saturated heterocycles. The van der Waals surface area contributed by atoms with E-state index in [-0.39, 0.29) is 11.4 Å². The van der Waals surface area contributed by atoms with Crippen LogP contribution in [0.2, 0.25) is 0 Å². The van der Waals surface area contributed by atoms with Crippen LogP contribution in [-0.2, 0) is 6.54 Å². The molecule has 0 bridgehead atoms. The van der Waals surface area contributed by atoms with E-state index in [9.17, 15) is 0 Å². The van der Waals surface area contributed by atoms with Gasteiger partial charge in [0.2, 0.25) is 0 Å². The summed E-state index contributed by atoms with van der Waals surface area (Å²) in [6.07, 6.45) is 2.13. The molecule has 0 amide bonds. The molecule has 0 aromatic heterocycles. The lowest BCUT2D eigenvalue weighted by Crippen LogP contribution is -2.31. The van der Waals surface area contributed by atoms with E-state index in [1.807, 2.05) is 42.1 Å². The standard InChI is InChI=1S/C14H20N2OS/c1-14(2,18-3)11-16-10-12-4-6-13(7-5-12)17-9-8-15/h4-7,16H,9-11H2,1-3H3. The quantitative estimate of drug-likeness (QED) is 0.822. The maximum Gasteiger partial charge on any atom is 0.174 e. The Morgan fingerprint density at radius 2 is 2.00 bits per heavy atom. The van der Waals surface area contributed by atoms with Crippen molar-refractivity contribution in [3.05, 3.63) is 29.8 Å². The Morgan fingerprint density at radius 1 is 1.33 bits per heavy atom. The van der Waals surface area contributed by atoms with Crippen molar-refractivity contribution in [3.63, 3.8) is 0 Å². The minimum Gasteiger partial charge on any atom is -0.479 e. The van der Waals surface area contributed by atoms with E-state index in [4.69, 9.17) is 10.00 Å². The third-order valence-corrected chi connectivity index (χ3v) is 3.91. The minimum atomic E-state index is 0.0967. The van der Waals surface area contributed by atoms with Gasteiger partial charge in [-0.1, -0.05) is 12.1 Å². The van der Waals surface area contributed by atoms with E-state index in [0.717, 1.165) is 18.8 Å². The molecule has 0 aliphatic rings. The first-order chi connectivity index (χ1) is 8.57. The van der Waals surface area contributed by atoms with Crippen LogP contribution in [0.15, 0.2) is 24.3 Å². The van der Waals surface area contributed by atoms with Crippen molar-refractivity contribution in [1.29, 1.82) is 5.26 Å². The molecule has 98 valence electrons. The number of nitriles is 1. The van der Waals surface area contributed by atoms with Gasteiger partial charge < -0.3 is 10.1 Å². The lowest BCUT2D eigenvalue weighted by atomic mass is 10.2. The average molecular weight is 264 g/mol. The molecule has 1 rings (SSSR count). The number of rotatable bonds is 7. The Kier molecular flexibility index (Phi) is 6.03. The van der Waals surface area contributed by atoms with Crippen LogP contribution in [0.4, 0.5) is 0 Å². The maximum atomic E-state index is 8.41. The van der Waals surface area contributed by atoms with Crippen molar-refractivity contribution < 1.29 is 4.74 Å². The van der Waals surface area contributed by atoms with Gasteiger partial charge in [0, 0.05) is 17.8 Å². The predicted molar refractivity (Wildman–Crippen MR) is 76.9 cm³/mol. The van der Waals surface area contributed by atoms with E-state index in [1.165, 1.54) is 5.56 Å². The van der Waals surface area contributed by atoms with E-state index >= 15 is 0 Å². The Labute approximate surface area is 114 Å². The van der Waals surface area contributed by atoms with Crippen LogP contribution in [-0.4, -0.2) is 24.2 Å². The molecule has 1 aromatic rings. The zero-order chi connectivity index (χ0) is 13.4. The van der Waals surface area contributed by atoms with Crippen LogP contribution in [0.5, 0.6) is 5.75 Å². The molecule has 1 N–H and O–H groups in total. The largest absolute Gasteiger partial charge is 0.479 e. The Balaban J connectivity index is 2.38. The van der Waals surface area contributed by atoms with Gasteiger partial charge in [0.15, 0.2) is 6.61 Å². The van der Waals surface area contributed by atoms with Crippen LogP contribution in [0.25, 0.3) is 0 Å². The molecular weight excluding hydrogens is 244 g/mol. The number of thioether (sulfide) groups is 1. The molecule has 0 spiro atoms. The molecule has 0 heterocycles. The molecule has 0 aliphatic heterocycles. The molecule has 0 radical (unpaired) electrons. The molecule has 3 nitrogen and oxygen atoms in total. The molecule has 1 aromatic carbocycles. The topological polar surface area (TPSA) is 45.0 Å². The monoisotopic (exact) mass is 264 g/mol. The second-order valence-electron chi connectivity index (χ2n) is 4.66. The number of nitrogens with one attached hydrogen (secondary N) is 1. The van der Waals surface area contributed by atoms with Gasteiger partial charge in [-0.05, 0) is 37.8 Å². The summed E-state index contributed by atoms with van der Waals surface area (Å²) in [6, 6.07) is 9.78. The highest BCUT2D eigenvalue weighted by molar-refractivity contribution is 7.99. The summed E-state index contributed by atoms with van der Waals surface area (Å²) in [6.45, 7) is 6.37. The number of benzene rings is 1. The van der Waals surface area contributed by atoms with Gasteiger partial charge in [0.25, 0.3) is 0 Å². The van der Waals surface area contributed by atoms with Crippen molar-refractivity contribution in [2.75, 3.05) is 19.4 Å². The summed E-state index contributed by atoms with van der Waals surface area (Å²) in [7, 11) is 0. The first kappa shape index (κ1) is 14.9. The number of hydrogen-bond acceptors (Lipinski definition) is 4. The normalized spacial score (nSPS) is 11.0. The van der Waals surface area contributed by atoms with Crippen molar-refractivity contribution in [2.45, 2.75) is 25.1 Å². The molecule has 0 atom stereocenters. The van der Waals surface area contributed by atoms with Gasteiger partial charge in [0.1, 0.15) is 11.8 Å². The highest BCUT2D eigenvalue weighted by Crippen LogP contribution is 2.19. The van der Waals surface area contributed by atoms with Crippen LogP contribution in [0.3, 0.4) is 0 Å². The third-order valence-electron chi connectivity index (χ3n) is 2.66. The summed E-state index contributed by atoms with van der Waals surface area (Å²) < 4.78 is 5.46. The lowest BCUT2D eigenvalue weighted by Gasteiger charge is -2.22. The minimum absolute atomic E-state index is 0.0967. The fourth-order valence-corrected chi connectivity index (χ4v) is 1.65. The van der Waals surface area contributed by atoms with Gasteiger partial charge in [0.05, 0.1) is 0 Å². The zero-order valence-corrected chi connectivity index (χ0v) is 12.0. The highest BCUT2D eigenvalue weighted by Gasteiger charge is 2.14. The van der Waals surface area contributed by atoms with Gasteiger partial charge in [-0.3, -0.25) is 0 Å². The molecule has 18 heavy (non-hydrogen) atoms. The molecule has 0 fully saturated rings. The van der Waals surface area contributed by atoms with Crippen molar-refractivity contribution in [1.82, 2.24) is 5.32 Å². The fourth-order valence-electron chi connectivity index (χ4n) is 1.40. The van der Waals surface area contributed by atoms with Gasteiger partial charge >= 0.3 is 0 Å². The van der Waals surface area contributed by atoms with Crippen LogP contribution >= 0.6 is 11.8 Å². The van der Waals surface area contributed by atoms with Crippen LogP contribution < -0.4 is 10.1 Å².